The number of aryl methyl sites for hydroxylation is 3. The highest BCUT2D eigenvalue weighted by molar-refractivity contribution is 5.69. The number of rotatable bonds is 22. The van der Waals surface area contributed by atoms with Crippen molar-refractivity contribution in [2.75, 3.05) is 19.7 Å². The number of allylic oxidation sites excluding steroid dienone is 3. The third-order valence-corrected chi connectivity index (χ3v) is 11.3. The first-order chi connectivity index (χ1) is 30.6. The van der Waals surface area contributed by atoms with Crippen LogP contribution in [0.4, 0.5) is 5.69 Å². The summed E-state index contributed by atoms with van der Waals surface area (Å²) in [4.78, 5) is 49.6. The van der Waals surface area contributed by atoms with Gasteiger partial charge < -0.3 is 44.3 Å². The lowest BCUT2D eigenvalue weighted by Gasteiger charge is -2.47. The number of hydrogen-bond acceptors (Lipinski definition) is 11. The van der Waals surface area contributed by atoms with Crippen LogP contribution in [-0.4, -0.2) is 89.0 Å². The smallest absolute Gasteiger partial charge is 0.303 e. The second-order valence-corrected chi connectivity index (χ2v) is 19.1. The monoisotopic (exact) mass is 907 g/mol. The van der Waals surface area contributed by atoms with E-state index in [1.54, 1.807) is 24.6 Å². The van der Waals surface area contributed by atoms with E-state index >= 15 is 0 Å². The van der Waals surface area contributed by atoms with E-state index in [0.29, 0.717) is 12.1 Å². The maximum absolute atomic E-state index is 13.0. The molecular weight excluding hydrogens is 833 g/mol. The third kappa shape index (κ3) is 16.9. The van der Waals surface area contributed by atoms with E-state index < -0.39 is 54.5 Å². The topological polar surface area (TPSA) is 190 Å². The molecule has 0 amide bonds. The molecule has 65 heavy (non-hydrogen) atoms. The van der Waals surface area contributed by atoms with Crippen LogP contribution >= 0.6 is 0 Å². The SMILES string of the molecule is CC(=O)OC[C@H]1O[C@H](N2C=CC(=C([O])[N-]CCCCCC[n+]3cc(CCCCCC[NH2+]c4cc(C(C)(C)C)cc(C(C)(C)C)c4)n(C)n3)C=C2)[C@@H](OC(C)=O)[C@@H](OC(C)=O)[C@@H]1OC(C)=O. The molecule has 0 aliphatic carbocycles. The molecule has 2 N–H and O–H groups in total. The van der Waals surface area contributed by atoms with Crippen molar-refractivity contribution in [2.45, 2.75) is 175 Å². The summed E-state index contributed by atoms with van der Waals surface area (Å²) < 4.78 is 31.9. The molecule has 5 atom stereocenters. The average molecular weight is 907 g/mol. The largest absolute Gasteiger partial charge is 0.649 e. The summed E-state index contributed by atoms with van der Waals surface area (Å²) in [5, 5.41) is 24.4. The van der Waals surface area contributed by atoms with E-state index in [1.165, 1.54) is 60.5 Å². The molecule has 1 saturated heterocycles. The van der Waals surface area contributed by atoms with Crippen molar-refractivity contribution in [2.24, 2.45) is 7.05 Å². The highest BCUT2D eigenvalue weighted by Crippen LogP contribution is 2.33. The van der Waals surface area contributed by atoms with Crippen LogP contribution in [0.25, 0.3) is 5.32 Å². The molecule has 3 heterocycles. The lowest BCUT2D eigenvalue weighted by atomic mass is 9.80. The molecular formula is C49H74N6O10+. The van der Waals surface area contributed by atoms with Gasteiger partial charge in [-0.1, -0.05) is 66.9 Å². The Labute approximate surface area is 385 Å². The van der Waals surface area contributed by atoms with Crippen molar-refractivity contribution in [3.8, 4) is 0 Å². The van der Waals surface area contributed by atoms with Crippen molar-refractivity contribution in [1.82, 2.24) is 14.8 Å². The number of carbonyl (C=O) groups is 4. The first-order valence-electron chi connectivity index (χ1n) is 23.1. The Morgan fingerprint density at radius 2 is 1.32 bits per heavy atom. The van der Waals surface area contributed by atoms with Crippen molar-refractivity contribution in [3.63, 3.8) is 0 Å². The van der Waals surface area contributed by atoms with E-state index in [2.05, 4.69) is 81.8 Å². The molecule has 1 radical (unpaired) electrons. The number of nitrogens with two attached hydrogens (primary N) is 1. The van der Waals surface area contributed by atoms with Crippen LogP contribution in [0.3, 0.4) is 0 Å². The molecule has 1 aromatic carbocycles. The van der Waals surface area contributed by atoms with Crippen molar-refractivity contribution in [3.05, 3.63) is 82.5 Å². The fraction of sp³-hybridized carbons (Fsp3) is 0.633. The zero-order chi connectivity index (χ0) is 47.9. The summed E-state index contributed by atoms with van der Waals surface area (Å²) in [5.41, 5.74) is 5.95. The van der Waals surface area contributed by atoms with Crippen LogP contribution in [0.2, 0.25) is 0 Å². The van der Waals surface area contributed by atoms with Crippen LogP contribution < -0.4 is 10.00 Å². The molecule has 16 heteroatoms. The fourth-order valence-corrected chi connectivity index (χ4v) is 7.76. The minimum absolute atomic E-state index is 0.122. The van der Waals surface area contributed by atoms with Crippen molar-refractivity contribution < 1.29 is 58.0 Å². The van der Waals surface area contributed by atoms with Crippen LogP contribution in [0.5, 0.6) is 0 Å². The van der Waals surface area contributed by atoms with Gasteiger partial charge >= 0.3 is 23.9 Å². The number of hydrogen-bond donors (Lipinski definition) is 1. The molecule has 1 fully saturated rings. The Balaban J connectivity index is 1.18. The van der Waals surface area contributed by atoms with Gasteiger partial charge in [-0.15, -0.1) is 15.9 Å². The minimum atomic E-state index is -1.31. The zero-order valence-corrected chi connectivity index (χ0v) is 40.6. The normalized spacial score (nSPS) is 19.8. The standard InChI is InChI=1S/C49H73N6O10/c1-33(56)61-32-42-43(62-34(2)57)44(63-35(3)58)45(64-36(4)59)47(65-42)54-26-21-37(22-27-54)46(60)51-24-18-14-15-19-25-55-31-41(53(11)52-55)20-16-12-13-17-23-50-40-29-38(48(5,6)7)28-39(30-40)49(8,9)10/h21-22,26-31,42-45,47,50H,12-20,23-25,32H2,1-11H3/p+1/t42-,43-,44+,45+,47+/m1/s1. The molecule has 2 aliphatic heterocycles. The number of ether oxygens (including phenoxy) is 5. The Morgan fingerprint density at radius 1 is 0.754 bits per heavy atom. The first-order valence-corrected chi connectivity index (χ1v) is 23.1. The predicted octanol–water partition coefficient (Wildman–Crippen LogP) is 6.30. The number of carbonyl (C=O) groups excluding carboxylic acids is 4. The van der Waals surface area contributed by atoms with Gasteiger partial charge in [0.2, 0.25) is 0 Å². The van der Waals surface area contributed by atoms with Crippen LogP contribution in [-0.2, 0) is 78.8 Å². The molecule has 0 bridgehead atoms. The van der Waals surface area contributed by atoms with E-state index in [9.17, 15) is 24.3 Å². The van der Waals surface area contributed by atoms with Gasteiger partial charge in [-0.05, 0) is 66.2 Å². The summed E-state index contributed by atoms with van der Waals surface area (Å²) in [7, 11) is 2.01. The first kappa shape index (κ1) is 52.4. The summed E-state index contributed by atoms with van der Waals surface area (Å²) in [6.07, 6.45) is 11.7. The highest BCUT2D eigenvalue weighted by Gasteiger charge is 2.53. The summed E-state index contributed by atoms with van der Waals surface area (Å²) in [5.74, 6) is -3.14. The van der Waals surface area contributed by atoms with Crippen LogP contribution in [0.1, 0.15) is 137 Å². The van der Waals surface area contributed by atoms with Crippen molar-refractivity contribution in [1.29, 1.82) is 0 Å². The Morgan fingerprint density at radius 3 is 1.92 bits per heavy atom. The number of nitrogens with zero attached hydrogens (tertiary/aromatic N) is 5. The summed E-state index contributed by atoms with van der Waals surface area (Å²) in [6, 6.07) is 7.10. The van der Waals surface area contributed by atoms with Gasteiger partial charge in [0.05, 0.1) is 17.6 Å². The molecule has 2 aromatic rings. The van der Waals surface area contributed by atoms with E-state index in [-0.39, 0.29) is 23.3 Å². The lowest BCUT2D eigenvalue weighted by Crippen LogP contribution is -2.78. The van der Waals surface area contributed by atoms with Gasteiger partial charge in [0, 0.05) is 64.2 Å². The number of esters is 4. The van der Waals surface area contributed by atoms with Crippen LogP contribution in [0.15, 0.2) is 60.4 Å². The van der Waals surface area contributed by atoms with Gasteiger partial charge in [0.25, 0.3) is 0 Å². The molecule has 0 saturated carbocycles. The zero-order valence-electron chi connectivity index (χ0n) is 40.6. The number of aromatic nitrogens is 3. The predicted molar refractivity (Wildman–Crippen MR) is 242 cm³/mol. The van der Waals surface area contributed by atoms with Gasteiger partial charge in [-0.25, -0.2) is 0 Å². The van der Waals surface area contributed by atoms with Gasteiger partial charge in [0.1, 0.15) is 32.0 Å². The number of unbranched alkanes of at least 4 members (excludes halogenated alkanes) is 6. The number of quaternary nitrogens is 1. The van der Waals surface area contributed by atoms with E-state index in [0.717, 1.165) is 65.5 Å². The Kier molecular flexibility index (Phi) is 19.6. The van der Waals surface area contributed by atoms with Gasteiger partial charge in [-0.2, -0.15) is 0 Å². The van der Waals surface area contributed by atoms with Crippen LogP contribution in [0, 0.1) is 0 Å². The maximum Gasteiger partial charge on any atom is 0.303 e. The maximum atomic E-state index is 13.0. The Bertz CT molecular complexity index is 1960. The molecule has 0 unspecified atom stereocenters. The van der Waals surface area contributed by atoms with E-state index in [4.69, 9.17) is 23.7 Å². The third-order valence-electron chi connectivity index (χ3n) is 11.3. The fourth-order valence-electron chi connectivity index (χ4n) is 7.76. The molecule has 0 spiro atoms. The lowest BCUT2D eigenvalue weighted by molar-refractivity contribution is -0.755. The second kappa shape index (κ2) is 24.3. The van der Waals surface area contributed by atoms with E-state index in [1.807, 2.05) is 16.4 Å². The molecule has 4 rings (SSSR count). The molecule has 16 nitrogen and oxygen atoms in total. The number of benzene rings is 1. The minimum Gasteiger partial charge on any atom is -0.649 e. The van der Waals surface area contributed by atoms with Gasteiger partial charge in [-0.3, -0.25) is 19.2 Å². The average Bonchev–Trinajstić information content (AvgIpc) is 3.57. The summed E-state index contributed by atoms with van der Waals surface area (Å²) in [6.45, 7) is 20.4. The second-order valence-electron chi connectivity index (χ2n) is 19.1. The Hall–Kier alpha value is -5.22. The quantitative estimate of drug-likeness (QED) is 0.0349. The molecule has 1 aromatic heterocycles. The molecule has 359 valence electrons. The summed E-state index contributed by atoms with van der Waals surface area (Å²) >= 11 is 0. The van der Waals surface area contributed by atoms with Gasteiger partial charge in [0.15, 0.2) is 36.4 Å². The highest BCUT2D eigenvalue weighted by atomic mass is 16.7. The molecule has 2 aliphatic rings. The van der Waals surface area contributed by atoms with Crippen molar-refractivity contribution >= 4 is 29.6 Å².